The predicted molar refractivity (Wildman–Crippen MR) is 110 cm³/mol. The molecule has 2 bridgehead atoms. The molecule has 3 aliphatic rings. The molecule has 0 saturated carbocycles. The van der Waals surface area contributed by atoms with E-state index in [-0.39, 0.29) is 18.5 Å². The summed E-state index contributed by atoms with van der Waals surface area (Å²) in [5.74, 6) is -1.39. The minimum Gasteiger partial charge on any atom is -0.472 e. The highest BCUT2D eigenvalue weighted by Gasteiger charge is 2.56. The molecule has 1 aromatic carbocycles. The lowest BCUT2D eigenvalue weighted by Crippen LogP contribution is -2.47. The number of rotatable bonds is 3. The molecule has 2 fully saturated rings. The van der Waals surface area contributed by atoms with Crippen LogP contribution in [0.3, 0.4) is 0 Å². The van der Waals surface area contributed by atoms with Crippen molar-refractivity contribution in [3.63, 3.8) is 0 Å². The van der Waals surface area contributed by atoms with E-state index in [1.54, 1.807) is 17.2 Å². The van der Waals surface area contributed by atoms with Crippen LogP contribution >= 0.6 is 0 Å². The molecule has 3 atom stereocenters. The summed E-state index contributed by atoms with van der Waals surface area (Å²) in [5.41, 5.74) is 3.89. The summed E-state index contributed by atoms with van der Waals surface area (Å²) in [5, 5.41) is 11.7. The normalized spacial score (nSPS) is 26.1. The van der Waals surface area contributed by atoms with Crippen LogP contribution in [0.4, 0.5) is 14.6 Å². The molecule has 6 rings (SSSR count). The van der Waals surface area contributed by atoms with Crippen molar-refractivity contribution in [3.05, 3.63) is 48.3 Å². The summed E-state index contributed by atoms with van der Waals surface area (Å²) in [6.45, 7) is 0.401. The molecule has 3 unspecified atom stereocenters. The molecule has 160 valence electrons. The second-order valence-electron chi connectivity index (χ2n) is 8.61. The van der Waals surface area contributed by atoms with Gasteiger partial charge in [0.15, 0.2) is 0 Å². The lowest BCUT2D eigenvalue weighted by molar-refractivity contribution is -0.0344. The number of halogens is 2. The molecule has 0 spiro atoms. The van der Waals surface area contributed by atoms with E-state index in [1.165, 1.54) is 0 Å². The van der Waals surface area contributed by atoms with Crippen molar-refractivity contribution < 1.29 is 13.5 Å². The van der Waals surface area contributed by atoms with Gasteiger partial charge in [0.25, 0.3) is 5.92 Å². The highest BCUT2D eigenvalue weighted by atomic mass is 19.3. The van der Waals surface area contributed by atoms with E-state index < -0.39 is 12.0 Å². The van der Waals surface area contributed by atoms with Gasteiger partial charge in [0, 0.05) is 24.1 Å². The Labute approximate surface area is 178 Å². The average Bonchev–Trinajstić information content (AvgIpc) is 3.33. The van der Waals surface area contributed by atoms with E-state index in [0.717, 1.165) is 22.4 Å². The van der Waals surface area contributed by atoms with Gasteiger partial charge in [0.2, 0.25) is 5.88 Å². The van der Waals surface area contributed by atoms with E-state index in [4.69, 9.17) is 4.74 Å². The van der Waals surface area contributed by atoms with Gasteiger partial charge in [0.1, 0.15) is 12.4 Å². The number of pyridine rings is 1. The number of alkyl halides is 2. The zero-order chi connectivity index (χ0) is 21.2. The molecular formula is C22H22F2N6O. The number of aromatic nitrogens is 4. The van der Waals surface area contributed by atoms with Crippen LogP contribution in [0.15, 0.2) is 42.7 Å². The number of nitrogens with one attached hydrogen (secondary N) is 1. The van der Waals surface area contributed by atoms with Crippen LogP contribution in [0.2, 0.25) is 0 Å². The minimum atomic E-state index is -2.61. The molecule has 1 N–H and O–H groups in total. The molecule has 5 heterocycles. The SMILES string of the molecule is CN1C2CC(Nc3ccc4c(n3)OCc3cc(-n5nccn5)ccc3-4)CC1C(F)(F)C2. The van der Waals surface area contributed by atoms with E-state index in [2.05, 4.69) is 20.5 Å². The summed E-state index contributed by atoms with van der Waals surface area (Å²) in [7, 11) is 1.81. The van der Waals surface area contributed by atoms with Crippen molar-refractivity contribution in [2.24, 2.45) is 0 Å². The van der Waals surface area contributed by atoms with E-state index in [0.29, 0.717) is 31.1 Å². The summed E-state index contributed by atoms with van der Waals surface area (Å²) < 4.78 is 34.4. The van der Waals surface area contributed by atoms with Gasteiger partial charge < -0.3 is 10.1 Å². The zero-order valence-corrected chi connectivity index (χ0v) is 17.0. The quantitative estimate of drug-likeness (QED) is 0.694. The van der Waals surface area contributed by atoms with Crippen LogP contribution in [0.5, 0.6) is 5.88 Å². The largest absolute Gasteiger partial charge is 0.472 e. The number of hydrogen-bond donors (Lipinski definition) is 1. The number of nitrogens with zero attached hydrogens (tertiary/aromatic N) is 5. The molecule has 31 heavy (non-hydrogen) atoms. The third-order valence-electron chi connectivity index (χ3n) is 6.73. The van der Waals surface area contributed by atoms with Crippen molar-refractivity contribution in [1.82, 2.24) is 24.9 Å². The minimum absolute atomic E-state index is 0.0230. The Morgan fingerprint density at radius 1 is 1.10 bits per heavy atom. The number of fused-ring (bicyclic) bond motifs is 5. The summed E-state index contributed by atoms with van der Waals surface area (Å²) in [6.07, 6.45) is 4.32. The van der Waals surface area contributed by atoms with Gasteiger partial charge in [-0.1, -0.05) is 6.07 Å². The van der Waals surface area contributed by atoms with Crippen LogP contribution in [0, 0.1) is 0 Å². The van der Waals surface area contributed by atoms with Crippen molar-refractivity contribution in [3.8, 4) is 22.7 Å². The fourth-order valence-corrected chi connectivity index (χ4v) is 5.17. The molecule has 9 heteroatoms. The summed E-state index contributed by atoms with van der Waals surface area (Å²) >= 11 is 0. The molecule has 7 nitrogen and oxygen atoms in total. The van der Waals surface area contributed by atoms with Crippen molar-refractivity contribution in [2.45, 2.75) is 49.9 Å². The third kappa shape index (κ3) is 3.06. The van der Waals surface area contributed by atoms with Crippen LogP contribution < -0.4 is 10.1 Å². The van der Waals surface area contributed by atoms with Gasteiger partial charge in [-0.3, -0.25) is 4.90 Å². The fourth-order valence-electron chi connectivity index (χ4n) is 5.17. The zero-order valence-electron chi connectivity index (χ0n) is 17.0. The second kappa shape index (κ2) is 6.71. The monoisotopic (exact) mass is 424 g/mol. The molecule has 0 amide bonds. The first-order chi connectivity index (χ1) is 15.0. The van der Waals surface area contributed by atoms with Crippen molar-refractivity contribution in [2.75, 3.05) is 12.4 Å². The van der Waals surface area contributed by atoms with E-state index in [9.17, 15) is 8.78 Å². The Morgan fingerprint density at radius 2 is 1.90 bits per heavy atom. The number of ether oxygens (including phenoxy) is 1. The van der Waals surface area contributed by atoms with Crippen LogP contribution in [0.1, 0.15) is 24.8 Å². The molecule has 2 aromatic heterocycles. The average molecular weight is 424 g/mol. The first kappa shape index (κ1) is 18.7. The van der Waals surface area contributed by atoms with Crippen LogP contribution in [-0.4, -0.2) is 56.0 Å². The van der Waals surface area contributed by atoms with Crippen molar-refractivity contribution in [1.29, 1.82) is 0 Å². The maximum atomic E-state index is 14.2. The summed E-state index contributed by atoms with van der Waals surface area (Å²) in [6, 6.07) is 9.07. The maximum Gasteiger partial charge on any atom is 0.264 e. The second-order valence-corrected chi connectivity index (χ2v) is 8.61. The van der Waals surface area contributed by atoms with Gasteiger partial charge in [-0.15, -0.1) is 0 Å². The topological polar surface area (TPSA) is 68.1 Å². The van der Waals surface area contributed by atoms with Gasteiger partial charge in [-0.05, 0) is 55.3 Å². The molecule has 3 aliphatic heterocycles. The van der Waals surface area contributed by atoms with E-state index in [1.807, 2.05) is 42.3 Å². The number of piperidine rings is 1. The molecule has 0 radical (unpaired) electrons. The highest BCUT2D eigenvalue weighted by molar-refractivity contribution is 5.75. The molecule has 3 aromatic rings. The standard InChI is InChI=1S/C22H22F2N6O/c1-29-16-9-14(10-19(29)22(23,24)11-16)27-20-5-4-18-17-3-2-15(30-25-6-7-26-30)8-13(17)12-31-21(18)28-20/h2-8,14,16,19H,9-12H2,1H3,(H,27,28). The van der Waals surface area contributed by atoms with Gasteiger partial charge >= 0.3 is 0 Å². The molecule has 2 saturated heterocycles. The maximum absolute atomic E-state index is 14.2. The Balaban J connectivity index is 1.23. The first-order valence-corrected chi connectivity index (χ1v) is 10.5. The molecule has 0 aliphatic carbocycles. The predicted octanol–water partition coefficient (Wildman–Crippen LogP) is 3.50. The number of benzene rings is 1. The van der Waals surface area contributed by atoms with E-state index >= 15 is 0 Å². The van der Waals surface area contributed by atoms with Gasteiger partial charge in [-0.2, -0.15) is 20.0 Å². The molecular weight excluding hydrogens is 402 g/mol. The fraction of sp³-hybridized carbons (Fsp3) is 0.409. The van der Waals surface area contributed by atoms with Crippen LogP contribution in [-0.2, 0) is 6.61 Å². The lowest BCUT2D eigenvalue weighted by Gasteiger charge is -2.37. The highest BCUT2D eigenvalue weighted by Crippen LogP contribution is 2.45. The van der Waals surface area contributed by atoms with Gasteiger partial charge in [-0.25, -0.2) is 8.78 Å². The Hall–Kier alpha value is -3.07. The Bertz CT molecular complexity index is 1140. The van der Waals surface area contributed by atoms with Crippen molar-refractivity contribution >= 4 is 5.82 Å². The number of hydrogen-bond acceptors (Lipinski definition) is 6. The lowest BCUT2D eigenvalue weighted by atomic mass is 9.97. The van der Waals surface area contributed by atoms with Crippen LogP contribution in [0.25, 0.3) is 16.8 Å². The van der Waals surface area contributed by atoms with Gasteiger partial charge in [0.05, 0.1) is 24.1 Å². The number of anilines is 1. The summed E-state index contributed by atoms with van der Waals surface area (Å²) in [4.78, 5) is 8.05. The Morgan fingerprint density at radius 3 is 2.71 bits per heavy atom. The third-order valence-corrected chi connectivity index (χ3v) is 6.73. The Kier molecular flexibility index (Phi) is 4.05. The smallest absolute Gasteiger partial charge is 0.264 e. The first-order valence-electron chi connectivity index (χ1n) is 10.5.